The van der Waals surface area contributed by atoms with Crippen LogP contribution in [0.1, 0.15) is 31.2 Å². The summed E-state index contributed by atoms with van der Waals surface area (Å²) in [5.41, 5.74) is 4.16. The summed E-state index contributed by atoms with van der Waals surface area (Å²) in [7, 11) is 0. The molecule has 0 aliphatic rings. The molecule has 4 heteroatoms. The fraction of sp³-hybridized carbons (Fsp3) is 0.267. The number of aryl methyl sites for hydroxylation is 1. The van der Waals surface area contributed by atoms with Gasteiger partial charge in [0.2, 0.25) is 0 Å². The van der Waals surface area contributed by atoms with E-state index in [0.29, 0.717) is 5.92 Å². The molecule has 0 spiro atoms. The molecule has 0 amide bonds. The predicted molar refractivity (Wildman–Crippen MR) is 75.9 cm³/mol. The van der Waals surface area contributed by atoms with E-state index in [0.717, 1.165) is 28.0 Å². The van der Waals surface area contributed by atoms with Crippen LogP contribution in [0, 0.1) is 6.92 Å². The summed E-state index contributed by atoms with van der Waals surface area (Å²) in [6.07, 6.45) is 7.56. The maximum Gasteiger partial charge on any atom is 0.137 e. The van der Waals surface area contributed by atoms with Crippen LogP contribution in [0.5, 0.6) is 0 Å². The third-order valence-corrected chi connectivity index (χ3v) is 3.26. The van der Waals surface area contributed by atoms with E-state index in [1.165, 1.54) is 5.56 Å². The first kappa shape index (κ1) is 11.8. The van der Waals surface area contributed by atoms with Gasteiger partial charge >= 0.3 is 0 Å². The van der Waals surface area contributed by atoms with Crippen molar-refractivity contribution in [2.75, 3.05) is 0 Å². The third kappa shape index (κ3) is 2.10. The molecule has 1 N–H and O–H groups in total. The number of pyridine rings is 1. The van der Waals surface area contributed by atoms with Crippen LogP contribution in [0.15, 0.2) is 30.9 Å². The van der Waals surface area contributed by atoms with Gasteiger partial charge in [-0.3, -0.25) is 0 Å². The van der Waals surface area contributed by atoms with Crippen molar-refractivity contribution in [2.45, 2.75) is 26.7 Å². The second-order valence-electron chi connectivity index (χ2n) is 5.08. The lowest BCUT2D eigenvalue weighted by molar-refractivity contribution is 0.775. The van der Waals surface area contributed by atoms with Gasteiger partial charge in [0.15, 0.2) is 0 Å². The highest BCUT2D eigenvalue weighted by Crippen LogP contribution is 2.23. The molecule has 3 heterocycles. The molecular weight excluding hydrogens is 236 g/mol. The lowest BCUT2D eigenvalue weighted by Gasteiger charge is -2.05. The number of aromatic amines is 1. The van der Waals surface area contributed by atoms with Crippen molar-refractivity contribution in [1.82, 2.24) is 19.9 Å². The van der Waals surface area contributed by atoms with Crippen molar-refractivity contribution < 1.29 is 0 Å². The largest absolute Gasteiger partial charge is 0.346 e. The summed E-state index contributed by atoms with van der Waals surface area (Å²) in [5.74, 6) is 1.22. The Labute approximate surface area is 111 Å². The van der Waals surface area contributed by atoms with E-state index >= 15 is 0 Å². The van der Waals surface area contributed by atoms with Gasteiger partial charge in [0.25, 0.3) is 0 Å². The Morgan fingerprint density at radius 1 is 1.00 bits per heavy atom. The molecule has 3 aromatic rings. The third-order valence-electron chi connectivity index (χ3n) is 3.26. The van der Waals surface area contributed by atoms with Crippen molar-refractivity contribution in [1.29, 1.82) is 0 Å². The fourth-order valence-corrected chi connectivity index (χ4v) is 2.08. The highest BCUT2D eigenvalue weighted by atomic mass is 14.9. The van der Waals surface area contributed by atoms with E-state index in [1.54, 1.807) is 0 Å². The van der Waals surface area contributed by atoms with Gasteiger partial charge in [0.05, 0.1) is 0 Å². The highest BCUT2D eigenvalue weighted by molar-refractivity contribution is 5.84. The van der Waals surface area contributed by atoms with Crippen LogP contribution in [-0.4, -0.2) is 19.9 Å². The number of nitrogens with zero attached hydrogens (tertiary/aromatic N) is 3. The minimum absolute atomic E-state index is 0.349. The Morgan fingerprint density at radius 2 is 1.68 bits per heavy atom. The lowest BCUT2D eigenvalue weighted by Crippen LogP contribution is -1.96. The molecule has 0 atom stereocenters. The minimum Gasteiger partial charge on any atom is -0.346 e. The van der Waals surface area contributed by atoms with E-state index in [9.17, 15) is 0 Å². The highest BCUT2D eigenvalue weighted by Gasteiger charge is 2.07. The Balaban J connectivity index is 2.05. The Kier molecular flexibility index (Phi) is 2.78. The first-order chi connectivity index (χ1) is 9.15. The standard InChI is InChI=1S/C15H16N4/c1-9(2)14-17-7-12(8-18-14)11-4-13-10(3)5-16-15(13)19-6-11/h4-9H,1-3H3,(H,16,19). The number of hydrogen-bond donors (Lipinski definition) is 1. The van der Waals surface area contributed by atoms with Gasteiger partial charge < -0.3 is 4.98 Å². The van der Waals surface area contributed by atoms with Crippen LogP contribution in [0.25, 0.3) is 22.2 Å². The fourth-order valence-electron chi connectivity index (χ4n) is 2.08. The maximum atomic E-state index is 4.42. The number of nitrogens with one attached hydrogen (secondary N) is 1. The smallest absolute Gasteiger partial charge is 0.137 e. The van der Waals surface area contributed by atoms with Crippen molar-refractivity contribution in [3.8, 4) is 11.1 Å². The van der Waals surface area contributed by atoms with Crippen molar-refractivity contribution in [3.63, 3.8) is 0 Å². The molecule has 3 rings (SSSR count). The first-order valence-corrected chi connectivity index (χ1v) is 6.41. The van der Waals surface area contributed by atoms with Crippen LogP contribution in [0.3, 0.4) is 0 Å². The number of fused-ring (bicyclic) bond motifs is 1. The van der Waals surface area contributed by atoms with E-state index in [1.807, 2.05) is 24.8 Å². The molecule has 3 aromatic heterocycles. The van der Waals surface area contributed by atoms with E-state index in [4.69, 9.17) is 0 Å². The van der Waals surface area contributed by atoms with Crippen LogP contribution in [0.2, 0.25) is 0 Å². The minimum atomic E-state index is 0.349. The van der Waals surface area contributed by atoms with E-state index < -0.39 is 0 Å². The summed E-state index contributed by atoms with van der Waals surface area (Å²) in [5, 5.41) is 1.14. The quantitative estimate of drug-likeness (QED) is 0.760. The molecule has 0 radical (unpaired) electrons. The zero-order chi connectivity index (χ0) is 13.4. The molecule has 4 nitrogen and oxygen atoms in total. The number of H-pyrrole nitrogens is 1. The molecule has 96 valence electrons. The van der Waals surface area contributed by atoms with Gasteiger partial charge in [0.1, 0.15) is 11.5 Å². The summed E-state index contributed by atoms with van der Waals surface area (Å²) in [6, 6.07) is 2.13. The van der Waals surface area contributed by atoms with Crippen LogP contribution < -0.4 is 0 Å². The molecule has 0 saturated carbocycles. The van der Waals surface area contributed by atoms with Crippen molar-refractivity contribution >= 4 is 11.0 Å². The molecule has 0 aromatic carbocycles. The molecular formula is C15H16N4. The average Bonchev–Trinajstić information content (AvgIpc) is 2.80. The van der Waals surface area contributed by atoms with Crippen molar-refractivity contribution in [2.24, 2.45) is 0 Å². The van der Waals surface area contributed by atoms with E-state index in [-0.39, 0.29) is 0 Å². The van der Waals surface area contributed by atoms with Gasteiger partial charge in [-0.25, -0.2) is 15.0 Å². The summed E-state index contributed by atoms with van der Waals surface area (Å²) in [6.45, 7) is 6.25. The molecule has 19 heavy (non-hydrogen) atoms. The molecule has 0 unspecified atom stereocenters. The summed E-state index contributed by atoms with van der Waals surface area (Å²) < 4.78 is 0. The molecule has 0 bridgehead atoms. The van der Waals surface area contributed by atoms with E-state index in [2.05, 4.69) is 46.8 Å². The van der Waals surface area contributed by atoms with Crippen LogP contribution in [-0.2, 0) is 0 Å². The van der Waals surface area contributed by atoms with Crippen molar-refractivity contribution in [3.05, 3.63) is 42.2 Å². The second-order valence-corrected chi connectivity index (χ2v) is 5.08. The molecule has 0 aliphatic carbocycles. The Bertz CT molecular complexity index is 711. The Morgan fingerprint density at radius 3 is 2.37 bits per heavy atom. The number of aromatic nitrogens is 4. The predicted octanol–water partition coefficient (Wildman–Crippen LogP) is 3.45. The topological polar surface area (TPSA) is 54.5 Å². The SMILES string of the molecule is Cc1c[nH]c2ncc(-c3cnc(C(C)C)nc3)cc12. The zero-order valence-corrected chi connectivity index (χ0v) is 11.3. The van der Waals surface area contributed by atoms with Gasteiger partial charge in [-0.1, -0.05) is 13.8 Å². The first-order valence-electron chi connectivity index (χ1n) is 6.41. The lowest BCUT2D eigenvalue weighted by atomic mass is 10.1. The normalized spacial score (nSPS) is 11.4. The van der Waals surface area contributed by atoms with Gasteiger partial charge in [-0.05, 0) is 18.6 Å². The second kappa shape index (κ2) is 4.46. The maximum absolute atomic E-state index is 4.42. The Hall–Kier alpha value is -2.23. The molecule has 0 saturated heterocycles. The summed E-state index contributed by atoms with van der Waals surface area (Å²) in [4.78, 5) is 16.4. The molecule has 0 fully saturated rings. The molecule has 0 aliphatic heterocycles. The van der Waals surface area contributed by atoms with Crippen LogP contribution >= 0.6 is 0 Å². The van der Waals surface area contributed by atoms with Gasteiger partial charge in [-0.15, -0.1) is 0 Å². The average molecular weight is 252 g/mol. The van der Waals surface area contributed by atoms with Gasteiger partial charge in [-0.2, -0.15) is 0 Å². The summed E-state index contributed by atoms with van der Waals surface area (Å²) >= 11 is 0. The zero-order valence-electron chi connectivity index (χ0n) is 11.3. The van der Waals surface area contributed by atoms with Gasteiger partial charge in [0, 0.05) is 47.2 Å². The number of rotatable bonds is 2. The van der Waals surface area contributed by atoms with Crippen LogP contribution in [0.4, 0.5) is 0 Å². The number of hydrogen-bond acceptors (Lipinski definition) is 3. The monoisotopic (exact) mass is 252 g/mol.